The quantitative estimate of drug-likeness (QED) is 0.520. The van der Waals surface area contributed by atoms with Crippen molar-refractivity contribution in [1.29, 1.82) is 0 Å². The van der Waals surface area contributed by atoms with Gasteiger partial charge in [0.15, 0.2) is 0 Å². The predicted octanol–water partition coefficient (Wildman–Crippen LogP) is 3.88. The summed E-state index contributed by atoms with van der Waals surface area (Å²) in [5.41, 5.74) is 1.06. The molecule has 7 nitrogen and oxygen atoms in total. The number of nitrogens with zero attached hydrogens (tertiary/aromatic N) is 4. The Morgan fingerprint density at radius 1 is 1.24 bits per heavy atom. The van der Waals surface area contributed by atoms with E-state index in [4.69, 9.17) is 0 Å². The Balaban J connectivity index is 1.61. The Morgan fingerprint density at radius 2 is 2.00 bits per heavy atom. The van der Waals surface area contributed by atoms with E-state index >= 15 is 0 Å². The van der Waals surface area contributed by atoms with Gasteiger partial charge in [-0.2, -0.15) is 0 Å². The van der Waals surface area contributed by atoms with Gasteiger partial charge in [0.2, 0.25) is 11.0 Å². The number of hydrogen-bond donors (Lipinski definition) is 1. The smallest absolute Gasteiger partial charge is 0.263 e. The predicted molar refractivity (Wildman–Crippen MR) is 112 cm³/mol. The molecule has 3 aromatic heterocycles. The maximum absolute atomic E-state index is 13.2. The highest BCUT2D eigenvalue weighted by molar-refractivity contribution is 7.17. The van der Waals surface area contributed by atoms with E-state index in [0.29, 0.717) is 26.5 Å². The summed E-state index contributed by atoms with van der Waals surface area (Å²) < 4.78 is 14.5. The third-order valence-electron chi connectivity index (χ3n) is 4.21. The number of halogens is 1. The van der Waals surface area contributed by atoms with E-state index in [1.54, 1.807) is 12.1 Å². The van der Waals surface area contributed by atoms with Gasteiger partial charge in [-0.15, -0.1) is 21.5 Å². The van der Waals surface area contributed by atoms with Crippen molar-refractivity contribution in [2.24, 2.45) is 0 Å². The first kappa shape index (κ1) is 19.3. The second-order valence-corrected chi connectivity index (χ2v) is 8.53. The summed E-state index contributed by atoms with van der Waals surface area (Å²) in [6, 6.07) is 5.91. The third-order valence-corrected chi connectivity index (χ3v) is 6.24. The van der Waals surface area contributed by atoms with Crippen molar-refractivity contribution in [2.75, 3.05) is 5.32 Å². The Morgan fingerprint density at radius 3 is 2.69 bits per heavy atom. The molecule has 1 amide bonds. The topological polar surface area (TPSA) is 89.8 Å². The summed E-state index contributed by atoms with van der Waals surface area (Å²) in [6.45, 7) is 3.79. The highest BCUT2D eigenvalue weighted by Crippen LogP contribution is 2.30. The standard InChI is InChI=1S/C19H16FN5O2S2/c1-10(2)16-23-24-19(29-16)22-14(26)7-25-9-21-17-15(18(25)27)13(8-28-17)11-3-5-12(20)6-4-11/h3-6,8-10H,7H2,1-2H3,(H,22,24,26). The molecule has 0 saturated carbocycles. The van der Waals surface area contributed by atoms with Crippen molar-refractivity contribution >= 4 is 43.9 Å². The lowest BCUT2D eigenvalue weighted by atomic mass is 10.1. The van der Waals surface area contributed by atoms with Gasteiger partial charge in [-0.05, 0) is 17.7 Å². The first-order valence-electron chi connectivity index (χ1n) is 8.78. The summed E-state index contributed by atoms with van der Waals surface area (Å²) in [7, 11) is 0. The first-order valence-corrected chi connectivity index (χ1v) is 10.5. The molecule has 1 N–H and O–H groups in total. The number of rotatable bonds is 5. The van der Waals surface area contributed by atoms with Gasteiger partial charge in [-0.25, -0.2) is 9.37 Å². The highest BCUT2D eigenvalue weighted by atomic mass is 32.1. The van der Waals surface area contributed by atoms with Crippen molar-refractivity contribution < 1.29 is 9.18 Å². The second kappa shape index (κ2) is 7.80. The van der Waals surface area contributed by atoms with Crippen LogP contribution in [0.25, 0.3) is 21.3 Å². The summed E-state index contributed by atoms with van der Waals surface area (Å²) in [5, 5.41) is 14.1. The SMILES string of the molecule is CC(C)c1nnc(NC(=O)Cn2cnc3scc(-c4ccc(F)cc4)c3c2=O)s1. The van der Waals surface area contributed by atoms with Crippen molar-refractivity contribution in [2.45, 2.75) is 26.3 Å². The third kappa shape index (κ3) is 3.94. The van der Waals surface area contributed by atoms with Crippen molar-refractivity contribution in [1.82, 2.24) is 19.7 Å². The first-order chi connectivity index (χ1) is 13.9. The van der Waals surface area contributed by atoms with Crippen LogP contribution in [0.4, 0.5) is 9.52 Å². The molecule has 1 aromatic carbocycles. The van der Waals surface area contributed by atoms with Crippen LogP contribution in [0.2, 0.25) is 0 Å². The molecule has 0 bridgehead atoms. The zero-order chi connectivity index (χ0) is 20.5. The number of thiophene rings is 1. The molecule has 29 heavy (non-hydrogen) atoms. The maximum Gasteiger partial charge on any atom is 0.263 e. The normalized spacial score (nSPS) is 11.3. The summed E-state index contributed by atoms with van der Waals surface area (Å²) in [5.74, 6) is -0.521. The molecule has 0 fully saturated rings. The number of anilines is 1. The molecule has 4 rings (SSSR count). The minimum absolute atomic E-state index is 0.197. The number of fused-ring (bicyclic) bond motifs is 1. The van der Waals surface area contributed by atoms with Gasteiger partial charge in [-0.1, -0.05) is 37.3 Å². The lowest BCUT2D eigenvalue weighted by Gasteiger charge is -2.06. The van der Waals surface area contributed by atoms with Crippen LogP contribution in [0.3, 0.4) is 0 Å². The fraction of sp³-hybridized carbons (Fsp3) is 0.211. The molecular weight excluding hydrogens is 413 g/mol. The summed E-state index contributed by atoms with van der Waals surface area (Å²) in [6.07, 6.45) is 1.36. The zero-order valence-corrected chi connectivity index (χ0v) is 17.2. The lowest BCUT2D eigenvalue weighted by molar-refractivity contribution is -0.116. The molecule has 148 valence electrons. The van der Waals surface area contributed by atoms with E-state index in [0.717, 1.165) is 5.01 Å². The molecule has 0 radical (unpaired) electrons. The van der Waals surface area contributed by atoms with Crippen LogP contribution in [-0.2, 0) is 11.3 Å². The Kier molecular flexibility index (Phi) is 5.20. The molecule has 0 aliphatic rings. The van der Waals surface area contributed by atoms with Gasteiger partial charge in [-0.3, -0.25) is 19.5 Å². The minimum Gasteiger partial charge on any atom is -0.299 e. The van der Waals surface area contributed by atoms with Crippen LogP contribution in [0, 0.1) is 5.82 Å². The molecule has 4 aromatic rings. The number of carbonyl (C=O) groups is 1. The van der Waals surface area contributed by atoms with E-state index < -0.39 is 5.91 Å². The van der Waals surface area contributed by atoms with Crippen LogP contribution in [0.5, 0.6) is 0 Å². The summed E-state index contributed by atoms with van der Waals surface area (Å²) >= 11 is 2.63. The number of aromatic nitrogens is 4. The van der Waals surface area contributed by atoms with Crippen molar-refractivity contribution in [3.8, 4) is 11.1 Å². The minimum atomic E-state index is -0.390. The van der Waals surface area contributed by atoms with E-state index in [1.807, 2.05) is 19.2 Å². The highest BCUT2D eigenvalue weighted by Gasteiger charge is 2.16. The van der Waals surface area contributed by atoms with Crippen LogP contribution >= 0.6 is 22.7 Å². The maximum atomic E-state index is 13.2. The van der Waals surface area contributed by atoms with E-state index in [1.165, 1.54) is 45.7 Å². The fourth-order valence-electron chi connectivity index (χ4n) is 2.75. The number of carbonyl (C=O) groups excluding carboxylic acids is 1. The van der Waals surface area contributed by atoms with E-state index in [-0.39, 0.29) is 23.8 Å². The van der Waals surface area contributed by atoms with Gasteiger partial charge in [0.05, 0.1) is 11.7 Å². The van der Waals surface area contributed by atoms with Gasteiger partial charge in [0.1, 0.15) is 22.2 Å². The number of nitrogens with one attached hydrogen (secondary N) is 1. The fourth-order valence-corrected chi connectivity index (χ4v) is 4.42. The van der Waals surface area contributed by atoms with Gasteiger partial charge in [0, 0.05) is 16.9 Å². The van der Waals surface area contributed by atoms with Crippen LogP contribution < -0.4 is 10.9 Å². The molecule has 0 aliphatic heterocycles. The van der Waals surface area contributed by atoms with Crippen molar-refractivity contribution in [3.63, 3.8) is 0 Å². The van der Waals surface area contributed by atoms with Crippen LogP contribution in [0.1, 0.15) is 24.8 Å². The van der Waals surface area contributed by atoms with Crippen LogP contribution in [-0.4, -0.2) is 25.7 Å². The molecule has 0 aliphatic carbocycles. The summed E-state index contributed by atoms with van der Waals surface area (Å²) in [4.78, 5) is 30.2. The molecule has 10 heteroatoms. The average molecular weight is 430 g/mol. The average Bonchev–Trinajstić information content (AvgIpc) is 3.32. The molecule has 0 spiro atoms. The Bertz CT molecular complexity index is 1240. The molecule has 0 saturated heterocycles. The number of benzene rings is 1. The lowest BCUT2D eigenvalue weighted by Crippen LogP contribution is -2.27. The van der Waals surface area contributed by atoms with E-state index in [2.05, 4.69) is 20.5 Å². The molecule has 3 heterocycles. The number of hydrogen-bond acceptors (Lipinski definition) is 7. The monoisotopic (exact) mass is 429 g/mol. The largest absolute Gasteiger partial charge is 0.299 e. The van der Waals surface area contributed by atoms with Gasteiger partial charge < -0.3 is 0 Å². The van der Waals surface area contributed by atoms with Crippen LogP contribution in [0.15, 0.2) is 40.8 Å². The second-order valence-electron chi connectivity index (χ2n) is 6.66. The Hall–Kier alpha value is -2.98. The molecular formula is C19H16FN5O2S2. The number of amides is 1. The molecule has 0 atom stereocenters. The van der Waals surface area contributed by atoms with Gasteiger partial charge >= 0.3 is 0 Å². The van der Waals surface area contributed by atoms with E-state index in [9.17, 15) is 14.0 Å². The zero-order valence-electron chi connectivity index (χ0n) is 15.5. The Labute approximate surface area is 172 Å². The van der Waals surface area contributed by atoms with Gasteiger partial charge in [0.25, 0.3) is 5.56 Å². The van der Waals surface area contributed by atoms with Crippen molar-refractivity contribution in [3.05, 3.63) is 57.2 Å². The molecule has 0 unspecified atom stereocenters.